The summed E-state index contributed by atoms with van der Waals surface area (Å²) in [6.45, 7) is -0.0509. The minimum absolute atomic E-state index is 0.0509. The Morgan fingerprint density at radius 1 is 1.14 bits per heavy atom. The second-order valence-corrected chi connectivity index (χ2v) is 9.63. The quantitative estimate of drug-likeness (QED) is 0.168. The summed E-state index contributed by atoms with van der Waals surface area (Å²) in [6, 6.07) is 19.2. The summed E-state index contributed by atoms with van der Waals surface area (Å²) in [4.78, 5) is 12.9. The minimum Gasteiger partial charge on any atom is -0.755 e. The van der Waals surface area contributed by atoms with E-state index in [0.29, 0.717) is 17.1 Å². The van der Waals surface area contributed by atoms with Crippen molar-refractivity contribution in [2.75, 3.05) is 4.31 Å². The predicted molar refractivity (Wildman–Crippen MR) is 130 cm³/mol. The van der Waals surface area contributed by atoms with Crippen LogP contribution in [0.1, 0.15) is 23.7 Å². The SMILES string of the molecule is O=C(C[C@H](Cc1ccc(O)cc1)n1nncc1CN(c1ccc(-c2ccccc2)s1)S(=O)[O-])NO. The number of carbonyl (C=O) groups excluding carboxylic acids is 1. The van der Waals surface area contributed by atoms with Crippen LogP contribution in [0.25, 0.3) is 10.4 Å². The molecule has 1 amide bonds. The van der Waals surface area contributed by atoms with E-state index < -0.39 is 23.2 Å². The normalized spacial score (nSPS) is 12.7. The van der Waals surface area contributed by atoms with Crippen LogP contribution >= 0.6 is 11.3 Å². The van der Waals surface area contributed by atoms with Gasteiger partial charge in [-0.15, -0.1) is 16.4 Å². The first-order chi connectivity index (χ1) is 16.9. The molecule has 2 aromatic heterocycles. The number of phenols is 1. The van der Waals surface area contributed by atoms with E-state index in [1.165, 1.54) is 38.7 Å². The highest BCUT2D eigenvalue weighted by atomic mass is 32.2. The standard InChI is InChI=1S/C23H23N5O5S2/c29-20-8-6-16(7-9-20)12-18(13-22(30)25-31)28-19(14-24-26-28)15-27(35(32)33)23-11-10-21(34-23)17-4-2-1-3-5-17/h1-11,14,18,29,31H,12-13,15H2,(H,25,30)(H,32,33)/p-1/t18-/m0/s1. The Bertz CT molecular complexity index is 1290. The molecule has 10 nitrogen and oxygen atoms in total. The Hall–Kier alpha value is -3.58. The zero-order valence-corrected chi connectivity index (χ0v) is 20.0. The summed E-state index contributed by atoms with van der Waals surface area (Å²) >= 11 is -1.24. The van der Waals surface area contributed by atoms with Crippen LogP contribution in [0.3, 0.4) is 0 Å². The second-order valence-electron chi connectivity index (χ2n) is 7.69. The highest BCUT2D eigenvalue weighted by molar-refractivity contribution is 7.80. The molecule has 0 aliphatic rings. The molecule has 0 fully saturated rings. The van der Waals surface area contributed by atoms with Crippen molar-refractivity contribution in [3.05, 3.63) is 84.2 Å². The van der Waals surface area contributed by atoms with Gasteiger partial charge in [-0.2, -0.15) is 0 Å². The van der Waals surface area contributed by atoms with Gasteiger partial charge in [-0.25, -0.2) is 10.2 Å². The number of anilines is 1. The molecule has 35 heavy (non-hydrogen) atoms. The zero-order chi connectivity index (χ0) is 24.8. The Morgan fingerprint density at radius 2 is 1.89 bits per heavy atom. The maximum atomic E-state index is 12.2. The van der Waals surface area contributed by atoms with Crippen LogP contribution in [0, 0.1) is 0 Å². The number of aromatic hydroxyl groups is 1. The molecule has 0 radical (unpaired) electrons. The van der Waals surface area contributed by atoms with Crippen molar-refractivity contribution in [2.24, 2.45) is 0 Å². The molecule has 1 unspecified atom stereocenters. The molecule has 4 aromatic rings. The van der Waals surface area contributed by atoms with Crippen LogP contribution in [0.4, 0.5) is 5.00 Å². The molecular weight excluding hydrogens is 490 g/mol. The van der Waals surface area contributed by atoms with Crippen molar-refractivity contribution in [3.8, 4) is 16.2 Å². The summed E-state index contributed by atoms with van der Waals surface area (Å²) in [7, 11) is 0. The van der Waals surface area contributed by atoms with Crippen molar-refractivity contribution in [1.29, 1.82) is 0 Å². The summed E-state index contributed by atoms with van der Waals surface area (Å²) in [5.74, 6) is -0.510. The van der Waals surface area contributed by atoms with Gasteiger partial charge in [0.05, 0.1) is 30.9 Å². The molecule has 12 heteroatoms. The molecule has 182 valence electrons. The number of carbonyl (C=O) groups is 1. The molecule has 0 saturated carbocycles. The molecule has 3 N–H and O–H groups in total. The van der Waals surface area contributed by atoms with Crippen molar-refractivity contribution in [3.63, 3.8) is 0 Å². The highest BCUT2D eigenvalue weighted by Gasteiger charge is 2.23. The highest BCUT2D eigenvalue weighted by Crippen LogP contribution is 2.35. The van der Waals surface area contributed by atoms with E-state index >= 15 is 0 Å². The van der Waals surface area contributed by atoms with Gasteiger partial charge in [0.2, 0.25) is 5.91 Å². The van der Waals surface area contributed by atoms with Gasteiger partial charge in [-0.05, 0) is 41.8 Å². The Labute approximate surface area is 207 Å². The van der Waals surface area contributed by atoms with E-state index in [-0.39, 0.29) is 18.7 Å². The smallest absolute Gasteiger partial charge is 0.245 e. The molecule has 2 aromatic carbocycles. The first kappa shape index (κ1) is 24.5. The lowest BCUT2D eigenvalue weighted by molar-refractivity contribution is -0.130. The van der Waals surface area contributed by atoms with Gasteiger partial charge in [0.1, 0.15) is 10.8 Å². The third-order valence-corrected chi connectivity index (χ3v) is 7.29. The molecule has 2 heterocycles. The fourth-order valence-electron chi connectivity index (χ4n) is 3.66. The van der Waals surface area contributed by atoms with Crippen LogP contribution in [0.2, 0.25) is 0 Å². The number of nitrogens with zero attached hydrogens (tertiary/aromatic N) is 4. The van der Waals surface area contributed by atoms with E-state index in [4.69, 9.17) is 5.21 Å². The number of amides is 1. The molecular formula is C23H22N5O5S2-. The monoisotopic (exact) mass is 512 g/mol. The molecule has 0 aliphatic carbocycles. The van der Waals surface area contributed by atoms with Crippen LogP contribution in [-0.4, -0.2) is 40.0 Å². The lowest BCUT2D eigenvalue weighted by Gasteiger charge is -2.26. The van der Waals surface area contributed by atoms with E-state index in [1.807, 2.05) is 36.4 Å². The maximum absolute atomic E-state index is 12.2. The van der Waals surface area contributed by atoms with Crippen LogP contribution in [-0.2, 0) is 29.0 Å². The Balaban J connectivity index is 1.60. The van der Waals surface area contributed by atoms with Crippen LogP contribution in [0.5, 0.6) is 5.75 Å². The first-order valence-electron chi connectivity index (χ1n) is 10.6. The maximum Gasteiger partial charge on any atom is 0.245 e. The third-order valence-electron chi connectivity index (χ3n) is 5.33. The minimum atomic E-state index is -2.58. The average Bonchev–Trinajstić information content (AvgIpc) is 3.53. The Morgan fingerprint density at radius 3 is 2.57 bits per heavy atom. The van der Waals surface area contributed by atoms with Gasteiger partial charge < -0.3 is 9.66 Å². The number of thiophene rings is 1. The van der Waals surface area contributed by atoms with Gasteiger partial charge >= 0.3 is 0 Å². The molecule has 0 saturated heterocycles. The molecule has 0 spiro atoms. The number of phenolic OH excluding ortho intramolecular Hbond substituents is 1. The number of rotatable bonds is 10. The molecule has 0 bridgehead atoms. The average molecular weight is 513 g/mol. The topological polar surface area (TPSA) is 144 Å². The molecule has 0 aliphatic heterocycles. The second kappa shape index (κ2) is 11.2. The van der Waals surface area contributed by atoms with E-state index in [2.05, 4.69) is 10.3 Å². The number of benzene rings is 2. The summed E-state index contributed by atoms with van der Waals surface area (Å²) in [6.07, 6.45) is 1.67. The number of hydrogen-bond donors (Lipinski definition) is 3. The number of hydroxylamine groups is 1. The van der Waals surface area contributed by atoms with E-state index in [9.17, 15) is 18.7 Å². The van der Waals surface area contributed by atoms with Crippen molar-refractivity contribution in [2.45, 2.75) is 25.4 Å². The van der Waals surface area contributed by atoms with Crippen LogP contribution in [0.15, 0.2) is 72.9 Å². The van der Waals surface area contributed by atoms with Gasteiger partial charge in [0.25, 0.3) is 0 Å². The lowest BCUT2D eigenvalue weighted by atomic mass is 10.0. The van der Waals surface area contributed by atoms with Crippen molar-refractivity contribution in [1.82, 2.24) is 20.5 Å². The summed E-state index contributed by atoms with van der Waals surface area (Å²) < 4.78 is 27.0. The lowest BCUT2D eigenvalue weighted by Crippen LogP contribution is -2.29. The number of hydrogen-bond acceptors (Lipinski definition) is 8. The third kappa shape index (κ3) is 6.11. The van der Waals surface area contributed by atoms with Crippen molar-refractivity contribution < 1.29 is 23.9 Å². The van der Waals surface area contributed by atoms with Gasteiger partial charge in [-0.1, -0.05) is 47.7 Å². The van der Waals surface area contributed by atoms with Gasteiger partial charge in [0, 0.05) is 16.1 Å². The summed E-state index contributed by atoms with van der Waals surface area (Å²) in [5, 5.41) is 27.2. The fourth-order valence-corrected chi connectivity index (χ4v) is 5.32. The first-order valence-corrected chi connectivity index (χ1v) is 12.4. The zero-order valence-electron chi connectivity index (χ0n) is 18.4. The van der Waals surface area contributed by atoms with Crippen LogP contribution < -0.4 is 9.79 Å². The van der Waals surface area contributed by atoms with E-state index in [0.717, 1.165) is 16.0 Å². The van der Waals surface area contributed by atoms with Gasteiger partial charge in [-0.3, -0.25) is 18.5 Å². The van der Waals surface area contributed by atoms with E-state index in [1.54, 1.807) is 23.7 Å². The Kier molecular flexibility index (Phi) is 7.87. The van der Waals surface area contributed by atoms with Crippen molar-refractivity contribution >= 4 is 33.5 Å². The largest absolute Gasteiger partial charge is 0.755 e. The number of nitrogens with one attached hydrogen (secondary N) is 1. The summed E-state index contributed by atoms with van der Waals surface area (Å²) in [5.41, 5.74) is 3.90. The number of aromatic nitrogens is 3. The predicted octanol–water partition coefficient (Wildman–Crippen LogP) is 3.19. The fraction of sp³-hybridized carbons (Fsp3) is 0.174. The molecule has 4 rings (SSSR count). The molecule has 2 atom stereocenters. The van der Waals surface area contributed by atoms with Gasteiger partial charge in [0.15, 0.2) is 0 Å².